The van der Waals surface area contributed by atoms with Crippen LogP contribution in [-0.4, -0.2) is 31.1 Å². The van der Waals surface area contributed by atoms with E-state index in [9.17, 15) is 13.2 Å². The van der Waals surface area contributed by atoms with Crippen LogP contribution in [0.15, 0.2) is 12.1 Å². The second-order valence-electron chi connectivity index (χ2n) is 5.60. The Morgan fingerprint density at radius 2 is 1.61 bits per heavy atom. The van der Waals surface area contributed by atoms with Crippen LogP contribution in [0.2, 0.25) is 0 Å². The lowest BCUT2D eigenvalue weighted by molar-refractivity contribution is 0.162. The van der Waals surface area contributed by atoms with Gasteiger partial charge in [0.1, 0.15) is 0 Å². The van der Waals surface area contributed by atoms with Crippen LogP contribution in [-0.2, 0) is 0 Å². The Balaban J connectivity index is 0.00000242. The van der Waals surface area contributed by atoms with Crippen molar-refractivity contribution in [3.8, 4) is 0 Å². The van der Waals surface area contributed by atoms with Gasteiger partial charge in [-0.2, -0.15) is 0 Å². The summed E-state index contributed by atoms with van der Waals surface area (Å²) in [5, 5.41) is 3.27. The molecule has 1 aliphatic heterocycles. The lowest BCUT2D eigenvalue weighted by Crippen LogP contribution is -2.45. The van der Waals surface area contributed by atoms with E-state index in [-0.39, 0.29) is 30.9 Å². The van der Waals surface area contributed by atoms with Gasteiger partial charge in [0.05, 0.1) is 0 Å². The summed E-state index contributed by atoms with van der Waals surface area (Å²) in [7, 11) is 0. The van der Waals surface area contributed by atoms with Gasteiger partial charge in [0.15, 0.2) is 17.5 Å². The molecule has 0 radical (unpaired) electrons. The van der Waals surface area contributed by atoms with Crippen LogP contribution in [0.3, 0.4) is 0 Å². The summed E-state index contributed by atoms with van der Waals surface area (Å²) in [5.41, 5.74) is 0.546. The summed E-state index contributed by atoms with van der Waals surface area (Å²) >= 11 is 0. The minimum atomic E-state index is -1.38. The van der Waals surface area contributed by atoms with Gasteiger partial charge < -0.3 is 5.32 Å². The van der Waals surface area contributed by atoms with E-state index in [0.717, 1.165) is 64.0 Å². The second-order valence-corrected chi connectivity index (χ2v) is 5.60. The van der Waals surface area contributed by atoms with Crippen LogP contribution in [0.25, 0.3) is 0 Å². The van der Waals surface area contributed by atoms with E-state index >= 15 is 0 Å². The number of benzene rings is 1. The highest BCUT2D eigenvalue weighted by molar-refractivity contribution is 5.85. The maximum absolute atomic E-state index is 13.5. The van der Waals surface area contributed by atoms with Crippen LogP contribution in [0.5, 0.6) is 0 Å². The molecule has 1 saturated heterocycles. The molecule has 23 heavy (non-hydrogen) atoms. The molecular weight excluding hydrogens is 348 g/mol. The summed E-state index contributed by atoms with van der Waals surface area (Å²) in [5.74, 6) is -3.58. The van der Waals surface area contributed by atoms with Gasteiger partial charge in [-0.05, 0) is 24.1 Å². The molecule has 134 valence electrons. The number of nitrogens with zero attached hydrogens (tertiary/aromatic N) is 1. The van der Waals surface area contributed by atoms with Crippen molar-refractivity contribution < 1.29 is 13.2 Å². The Morgan fingerprint density at radius 3 is 2.13 bits per heavy atom. The van der Waals surface area contributed by atoms with E-state index in [2.05, 4.69) is 17.1 Å². The Morgan fingerprint density at radius 1 is 1.04 bits per heavy atom. The lowest BCUT2D eigenvalue weighted by Gasteiger charge is -2.35. The predicted octanol–water partition coefficient (Wildman–Crippen LogP) is 4.47. The van der Waals surface area contributed by atoms with E-state index in [4.69, 9.17) is 0 Å². The molecule has 0 unspecified atom stereocenters. The van der Waals surface area contributed by atoms with Gasteiger partial charge in [0, 0.05) is 32.2 Å². The minimum Gasteiger partial charge on any atom is -0.314 e. The number of unbranched alkanes of at least 4 members (excludes halogenated alkanes) is 2. The Bertz CT molecular complexity index is 446. The summed E-state index contributed by atoms with van der Waals surface area (Å²) < 4.78 is 40.2. The average Bonchev–Trinajstić information content (AvgIpc) is 2.50. The fourth-order valence-electron chi connectivity index (χ4n) is 2.91. The lowest BCUT2D eigenvalue weighted by atomic mass is 9.97. The quantitative estimate of drug-likeness (QED) is 0.585. The minimum absolute atomic E-state index is 0. The maximum atomic E-state index is 13.5. The van der Waals surface area contributed by atoms with Crippen molar-refractivity contribution >= 4 is 24.8 Å². The zero-order valence-corrected chi connectivity index (χ0v) is 14.9. The standard InChI is InChI=1S/C16H23F3N2.2ClH/c1-2-3-4-5-15(21-8-6-20-7-9-21)12-10-13(17)16(19)14(18)11-12;;/h10-11,15,20H,2-9H2,1H3;2*1H/t15-;;/m0../s1. The number of hydrogen-bond donors (Lipinski definition) is 1. The second kappa shape index (κ2) is 11.1. The number of piperazine rings is 1. The van der Waals surface area contributed by atoms with Crippen molar-refractivity contribution in [2.24, 2.45) is 0 Å². The molecule has 1 heterocycles. The average molecular weight is 373 g/mol. The fraction of sp³-hybridized carbons (Fsp3) is 0.625. The zero-order chi connectivity index (χ0) is 15.2. The first-order valence-electron chi connectivity index (χ1n) is 7.72. The highest BCUT2D eigenvalue weighted by Gasteiger charge is 2.24. The Hall–Kier alpha value is -0.490. The molecule has 0 aliphatic carbocycles. The van der Waals surface area contributed by atoms with Gasteiger partial charge in [-0.1, -0.05) is 26.2 Å². The molecule has 1 atom stereocenters. The van der Waals surface area contributed by atoms with E-state index < -0.39 is 17.5 Å². The van der Waals surface area contributed by atoms with Crippen LogP contribution >= 0.6 is 24.8 Å². The molecule has 2 nitrogen and oxygen atoms in total. The molecule has 1 aromatic carbocycles. The van der Waals surface area contributed by atoms with E-state index in [0.29, 0.717) is 5.56 Å². The molecular formula is C16H25Cl2F3N2. The fourth-order valence-corrected chi connectivity index (χ4v) is 2.91. The molecule has 0 saturated carbocycles. The smallest absolute Gasteiger partial charge is 0.194 e. The van der Waals surface area contributed by atoms with Crippen LogP contribution in [0.1, 0.15) is 44.2 Å². The predicted molar refractivity (Wildman–Crippen MR) is 92.1 cm³/mol. The molecule has 1 N–H and O–H groups in total. The molecule has 1 aliphatic rings. The van der Waals surface area contributed by atoms with Crippen molar-refractivity contribution in [2.45, 2.75) is 38.6 Å². The molecule has 0 aromatic heterocycles. The van der Waals surface area contributed by atoms with Gasteiger partial charge >= 0.3 is 0 Å². The number of hydrogen-bond acceptors (Lipinski definition) is 2. The highest BCUT2D eigenvalue weighted by Crippen LogP contribution is 2.29. The molecule has 1 aromatic rings. The Labute approximate surface area is 148 Å². The number of nitrogens with one attached hydrogen (secondary N) is 1. The normalized spacial score (nSPS) is 16.3. The van der Waals surface area contributed by atoms with Crippen molar-refractivity contribution in [1.29, 1.82) is 0 Å². The number of rotatable bonds is 6. The third-order valence-corrected chi connectivity index (χ3v) is 4.06. The van der Waals surface area contributed by atoms with E-state index in [1.807, 2.05) is 0 Å². The van der Waals surface area contributed by atoms with Crippen molar-refractivity contribution in [1.82, 2.24) is 10.2 Å². The first-order chi connectivity index (χ1) is 10.1. The van der Waals surface area contributed by atoms with Gasteiger partial charge in [-0.25, -0.2) is 13.2 Å². The van der Waals surface area contributed by atoms with Gasteiger partial charge in [0.2, 0.25) is 0 Å². The van der Waals surface area contributed by atoms with E-state index in [1.165, 1.54) is 0 Å². The maximum Gasteiger partial charge on any atom is 0.194 e. The third kappa shape index (κ3) is 6.14. The largest absolute Gasteiger partial charge is 0.314 e. The molecule has 7 heteroatoms. The van der Waals surface area contributed by atoms with Crippen molar-refractivity contribution in [3.05, 3.63) is 35.1 Å². The molecule has 0 bridgehead atoms. The topological polar surface area (TPSA) is 15.3 Å². The van der Waals surface area contributed by atoms with Gasteiger partial charge in [-0.15, -0.1) is 24.8 Å². The SMILES string of the molecule is CCCCC[C@@H](c1cc(F)c(F)c(F)c1)N1CCNCC1.Cl.Cl. The third-order valence-electron chi connectivity index (χ3n) is 4.06. The van der Waals surface area contributed by atoms with Crippen molar-refractivity contribution in [2.75, 3.05) is 26.2 Å². The van der Waals surface area contributed by atoms with Crippen LogP contribution in [0.4, 0.5) is 13.2 Å². The zero-order valence-electron chi connectivity index (χ0n) is 13.3. The van der Waals surface area contributed by atoms with E-state index in [1.54, 1.807) is 0 Å². The molecule has 0 spiro atoms. The van der Waals surface area contributed by atoms with Crippen molar-refractivity contribution in [3.63, 3.8) is 0 Å². The summed E-state index contributed by atoms with van der Waals surface area (Å²) in [4.78, 5) is 2.23. The monoisotopic (exact) mass is 372 g/mol. The van der Waals surface area contributed by atoms with Crippen LogP contribution < -0.4 is 5.32 Å². The molecule has 1 fully saturated rings. The molecule has 0 amide bonds. The summed E-state index contributed by atoms with van der Waals surface area (Å²) in [6, 6.07) is 2.26. The summed E-state index contributed by atoms with van der Waals surface area (Å²) in [6.45, 7) is 5.55. The molecule has 2 rings (SSSR count). The van der Waals surface area contributed by atoms with Gasteiger partial charge in [-0.3, -0.25) is 4.90 Å². The highest BCUT2D eigenvalue weighted by atomic mass is 35.5. The Kier molecular flexibility index (Phi) is 10.9. The first-order valence-corrected chi connectivity index (χ1v) is 7.72. The number of halogens is 5. The van der Waals surface area contributed by atoms with Gasteiger partial charge in [0.25, 0.3) is 0 Å². The first kappa shape index (κ1) is 22.5. The van der Waals surface area contributed by atoms with Crippen LogP contribution in [0, 0.1) is 17.5 Å². The summed E-state index contributed by atoms with van der Waals surface area (Å²) in [6.07, 6.45) is 4.04.